The number of benzene rings is 1. The van der Waals surface area contributed by atoms with Crippen molar-refractivity contribution >= 4 is 40.4 Å². The average Bonchev–Trinajstić information content (AvgIpc) is 3.14. The molecule has 0 saturated carbocycles. The van der Waals surface area contributed by atoms with Gasteiger partial charge in [0.2, 0.25) is 0 Å². The van der Waals surface area contributed by atoms with E-state index in [0.717, 1.165) is 42.3 Å². The fourth-order valence-electron chi connectivity index (χ4n) is 3.84. The standard InChI is InChI=1S/C22H26N4O.ClH/c1-3-27-15-19-7-5-11-26(19)22-12-16(2)24-21-13-17(8-9-20(21)22)25-18-6-4-10-23-14-18;/h4,6,8-10,12-14,19,25H,3,5,7,11,15H2,1-2H3;1H. The molecule has 1 atom stereocenters. The lowest BCUT2D eigenvalue weighted by atomic mass is 10.1. The van der Waals surface area contributed by atoms with Crippen LogP contribution in [0.1, 0.15) is 25.5 Å². The van der Waals surface area contributed by atoms with Crippen molar-refractivity contribution in [3.05, 3.63) is 54.5 Å². The summed E-state index contributed by atoms with van der Waals surface area (Å²) >= 11 is 0. The molecule has 1 N–H and O–H groups in total. The predicted octanol–water partition coefficient (Wildman–Crippen LogP) is 5.11. The van der Waals surface area contributed by atoms with E-state index in [-0.39, 0.29) is 12.4 Å². The number of rotatable bonds is 6. The van der Waals surface area contributed by atoms with Crippen LogP contribution < -0.4 is 10.2 Å². The number of ether oxygens (including phenoxy) is 1. The molecule has 0 spiro atoms. The van der Waals surface area contributed by atoms with Crippen molar-refractivity contribution in [3.63, 3.8) is 0 Å². The number of fused-ring (bicyclic) bond motifs is 1. The van der Waals surface area contributed by atoms with Crippen molar-refractivity contribution in [1.29, 1.82) is 0 Å². The Hall–Kier alpha value is -2.37. The smallest absolute Gasteiger partial charge is 0.0746 e. The number of pyridine rings is 2. The Balaban J connectivity index is 0.00000225. The molecule has 0 bridgehead atoms. The Morgan fingerprint density at radius 2 is 2.11 bits per heavy atom. The summed E-state index contributed by atoms with van der Waals surface area (Å²) in [6.07, 6.45) is 5.99. The molecule has 5 nitrogen and oxygen atoms in total. The summed E-state index contributed by atoms with van der Waals surface area (Å²) in [5.74, 6) is 0. The van der Waals surface area contributed by atoms with Crippen LogP contribution in [-0.4, -0.2) is 35.8 Å². The zero-order chi connectivity index (χ0) is 18.6. The molecule has 0 aliphatic carbocycles. The highest BCUT2D eigenvalue weighted by Gasteiger charge is 2.26. The van der Waals surface area contributed by atoms with Crippen molar-refractivity contribution < 1.29 is 4.74 Å². The van der Waals surface area contributed by atoms with E-state index in [2.05, 4.69) is 53.3 Å². The van der Waals surface area contributed by atoms with Crippen molar-refractivity contribution in [2.45, 2.75) is 32.7 Å². The van der Waals surface area contributed by atoms with E-state index in [1.165, 1.54) is 23.9 Å². The molecular weight excluding hydrogens is 372 g/mol. The molecule has 2 aromatic heterocycles. The minimum absolute atomic E-state index is 0. The number of aryl methyl sites for hydroxylation is 1. The van der Waals surface area contributed by atoms with Gasteiger partial charge >= 0.3 is 0 Å². The molecule has 4 rings (SSSR count). The predicted molar refractivity (Wildman–Crippen MR) is 118 cm³/mol. The van der Waals surface area contributed by atoms with E-state index in [0.29, 0.717) is 6.04 Å². The van der Waals surface area contributed by atoms with Gasteiger partial charge in [-0.15, -0.1) is 12.4 Å². The number of halogens is 1. The lowest BCUT2D eigenvalue weighted by molar-refractivity contribution is 0.134. The number of nitrogens with zero attached hydrogens (tertiary/aromatic N) is 3. The van der Waals surface area contributed by atoms with Crippen LogP contribution in [0.3, 0.4) is 0 Å². The highest BCUT2D eigenvalue weighted by molar-refractivity contribution is 5.94. The van der Waals surface area contributed by atoms with Crippen LogP contribution in [0.2, 0.25) is 0 Å². The molecule has 1 aromatic carbocycles. The molecule has 1 aliphatic rings. The molecule has 28 heavy (non-hydrogen) atoms. The average molecular weight is 399 g/mol. The Morgan fingerprint density at radius 1 is 1.21 bits per heavy atom. The molecular formula is C22H27ClN4O. The van der Waals surface area contributed by atoms with Crippen molar-refractivity contribution in [2.75, 3.05) is 30.0 Å². The van der Waals surface area contributed by atoms with E-state index in [1.54, 1.807) is 6.20 Å². The lowest BCUT2D eigenvalue weighted by Crippen LogP contribution is -2.33. The van der Waals surface area contributed by atoms with Gasteiger partial charge in [-0.1, -0.05) is 0 Å². The van der Waals surface area contributed by atoms with E-state index >= 15 is 0 Å². The van der Waals surface area contributed by atoms with Crippen LogP contribution in [0.15, 0.2) is 48.8 Å². The maximum atomic E-state index is 5.72. The van der Waals surface area contributed by atoms with Gasteiger partial charge in [-0.25, -0.2) is 0 Å². The summed E-state index contributed by atoms with van der Waals surface area (Å²) in [6.45, 7) is 6.76. The molecule has 1 unspecified atom stereocenters. The number of anilines is 3. The summed E-state index contributed by atoms with van der Waals surface area (Å²) in [5, 5.41) is 4.60. The van der Waals surface area contributed by atoms with Gasteiger partial charge < -0.3 is 15.0 Å². The Bertz CT molecular complexity index is 919. The monoisotopic (exact) mass is 398 g/mol. The van der Waals surface area contributed by atoms with E-state index < -0.39 is 0 Å². The van der Waals surface area contributed by atoms with Crippen LogP contribution in [0.25, 0.3) is 10.9 Å². The third-order valence-electron chi connectivity index (χ3n) is 5.07. The maximum absolute atomic E-state index is 5.72. The number of hydrogen-bond donors (Lipinski definition) is 1. The molecule has 0 amide bonds. The third kappa shape index (κ3) is 4.37. The number of aromatic nitrogens is 2. The molecule has 1 fully saturated rings. The Morgan fingerprint density at radius 3 is 2.89 bits per heavy atom. The topological polar surface area (TPSA) is 50.3 Å². The van der Waals surface area contributed by atoms with Gasteiger partial charge in [0.25, 0.3) is 0 Å². The van der Waals surface area contributed by atoms with Crippen molar-refractivity contribution in [2.24, 2.45) is 0 Å². The van der Waals surface area contributed by atoms with Gasteiger partial charge in [0, 0.05) is 41.8 Å². The quantitative estimate of drug-likeness (QED) is 0.625. The van der Waals surface area contributed by atoms with E-state index in [4.69, 9.17) is 9.72 Å². The van der Waals surface area contributed by atoms with Gasteiger partial charge in [-0.05, 0) is 63.1 Å². The second kappa shape index (κ2) is 9.22. The fraction of sp³-hybridized carbons (Fsp3) is 0.364. The number of hydrogen-bond acceptors (Lipinski definition) is 5. The molecule has 0 radical (unpaired) electrons. The molecule has 3 heterocycles. The first kappa shape index (κ1) is 20.4. The second-order valence-electron chi connectivity index (χ2n) is 7.03. The third-order valence-corrected chi connectivity index (χ3v) is 5.07. The van der Waals surface area contributed by atoms with Gasteiger partial charge in [-0.3, -0.25) is 9.97 Å². The van der Waals surface area contributed by atoms with Crippen molar-refractivity contribution in [1.82, 2.24) is 9.97 Å². The summed E-state index contributed by atoms with van der Waals surface area (Å²) in [7, 11) is 0. The van der Waals surface area contributed by atoms with E-state index in [1.807, 2.05) is 18.3 Å². The first-order valence-electron chi connectivity index (χ1n) is 9.67. The maximum Gasteiger partial charge on any atom is 0.0746 e. The molecule has 1 saturated heterocycles. The largest absolute Gasteiger partial charge is 0.380 e. The van der Waals surface area contributed by atoms with Gasteiger partial charge in [-0.2, -0.15) is 0 Å². The minimum Gasteiger partial charge on any atom is -0.380 e. The summed E-state index contributed by atoms with van der Waals surface area (Å²) in [6, 6.07) is 13.0. The molecule has 148 valence electrons. The normalized spacial score (nSPS) is 16.2. The first-order valence-corrected chi connectivity index (χ1v) is 9.67. The van der Waals surface area contributed by atoms with Crippen LogP contribution in [0.5, 0.6) is 0 Å². The molecule has 3 aromatic rings. The van der Waals surface area contributed by atoms with E-state index in [9.17, 15) is 0 Å². The van der Waals surface area contributed by atoms with Crippen LogP contribution >= 0.6 is 12.4 Å². The minimum atomic E-state index is 0. The van der Waals surface area contributed by atoms with Crippen LogP contribution in [0.4, 0.5) is 17.1 Å². The summed E-state index contributed by atoms with van der Waals surface area (Å²) in [4.78, 5) is 11.4. The Kier molecular flexibility index (Phi) is 6.70. The highest BCUT2D eigenvalue weighted by Crippen LogP contribution is 2.34. The first-order chi connectivity index (χ1) is 13.2. The summed E-state index contributed by atoms with van der Waals surface area (Å²) in [5.41, 5.74) is 5.32. The van der Waals surface area contributed by atoms with Crippen molar-refractivity contribution in [3.8, 4) is 0 Å². The highest BCUT2D eigenvalue weighted by atomic mass is 35.5. The van der Waals surface area contributed by atoms with Gasteiger partial charge in [0.05, 0.1) is 30.0 Å². The SMILES string of the molecule is CCOCC1CCCN1c1cc(C)nc2cc(Nc3cccnc3)ccc12.Cl. The second-order valence-corrected chi connectivity index (χ2v) is 7.03. The van der Waals surface area contributed by atoms with Gasteiger partial charge in [0.15, 0.2) is 0 Å². The van der Waals surface area contributed by atoms with Crippen LogP contribution in [0, 0.1) is 6.92 Å². The molecule has 6 heteroatoms. The van der Waals surface area contributed by atoms with Crippen LogP contribution in [-0.2, 0) is 4.74 Å². The Labute approximate surface area is 172 Å². The lowest BCUT2D eigenvalue weighted by Gasteiger charge is -2.28. The zero-order valence-corrected chi connectivity index (χ0v) is 17.2. The van der Waals surface area contributed by atoms with Gasteiger partial charge in [0.1, 0.15) is 0 Å². The molecule has 1 aliphatic heterocycles. The zero-order valence-electron chi connectivity index (χ0n) is 16.4. The summed E-state index contributed by atoms with van der Waals surface area (Å²) < 4.78 is 5.72. The number of nitrogens with one attached hydrogen (secondary N) is 1. The fourth-order valence-corrected chi connectivity index (χ4v) is 3.84.